The van der Waals surface area contributed by atoms with E-state index in [0.717, 1.165) is 28.8 Å². The number of thiophene rings is 1. The molecule has 0 bridgehead atoms. The van der Waals surface area contributed by atoms with Crippen LogP contribution in [-0.2, 0) is 11.2 Å². The third-order valence-corrected chi connectivity index (χ3v) is 5.58. The fourth-order valence-corrected chi connectivity index (χ4v) is 4.61. The van der Waals surface area contributed by atoms with E-state index in [1.807, 2.05) is 18.2 Å². The molecule has 3 rings (SSSR count). The van der Waals surface area contributed by atoms with Crippen LogP contribution in [0.25, 0.3) is 10.4 Å². The van der Waals surface area contributed by atoms with Crippen molar-refractivity contribution in [1.29, 1.82) is 0 Å². The van der Waals surface area contributed by atoms with Crippen molar-refractivity contribution in [2.75, 3.05) is 5.32 Å². The highest BCUT2D eigenvalue weighted by atomic mass is 35.5. The van der Waals surface area contributed by atoms with Crippen LogP contribution in [0.15, 0.2) is 18.2 Å². The van der Waals surface area contributed by atoms with Gasteiger partial charge in [0, 0.05) is 16.8 Å². The molecular weight excluding hydrogens is 332 g/mol. The van der Waals surface area contributed by atoms with Crippen molar-refractivity contribution in [3.63, 3.8) is 0 Å². The second-order valence-corrected chi connectivity index (χ2v) is 7.29. The molecule has 2 aromatic rings. The highest BCUT2D eigenvalue weighted by Crippen LogP contribution is 2.47. The van der Waals surface area contributed by atoms with Gasteiger partial charge in [-0.1, -0.05) is 24.6 Å². The molecule has 0 fully saturated rings. The molecule has 1 atom stereocenters. The molecule has 120 valence electrons. The molecule has 3 N–H and O–H groups in total. The van der Waals surface area contributed by atoms with Gasteiger partial charge < -0.3 is 11.1 Å². The molecule has 1 aromatic carbocycles. The molecule has 1 aromatic heterocycles. The number of fused-ring (bicyclic) bond motifs is 3. The van der Waals surface area contributed by atoms with E-state index >= 15 is 0 Å². The zero-order chi connectivity index (χ0) is 16.7. The number of halogens is 1. The predicted octanol–water partition coefficient (Wildman–Crippen LogP) is 4.18. The molecule has 1 aliphatic carbocycles. The van der Waals surface area contributed by atoms with Gasteiger partial charge in [0.2, 0.25) is 5.91 Å². The van der Waals surface area contributed by atoms with E-state index in [1.54, 1.807) is 0 Å². The van der Waals surface area contributed by atoms with Gasteiger partial charge >= 0.3 is 0 Å². The molecule has 0 saturated heterocycles. The first-order valence-corrected chi connectivity index (χ1v) is 8.60. The molecule has 0 saturated carbocycles. The van der Waals surface area contributed by atoms with Crippen molar-refractivity contribution < 1.29 is 9.59 Å². The first kappa shape index (κ1) is 16.0. The van der Waals surface area contributed by atoms with Crippen molar-refractivity contribution in [3.8, 4) is 10.4 Å². The Morgan fingerprint density at radius 3 is 2.78 bits per heavy atom. The number of hydrogen-bond acceptors (Lipinski definition) is 3. The third kappa shape index (κ3) is 2.86. The standard InChI is InChI=1S/C17H17ClN2O2S/c1-8-3-5-12-14(16(19)22)17(20-9(2)21)23-15(12)13-7-10(18)4-6-11(8)13/h4,6-8H,3,5H2,1-2H3,(H2,19,22)(H,20,21). The lowest BCUT2D eigenvalue weighted by Crippen LogP contribution is -2.16. The SMILES string of the molecule is CC(=O)Nc1sc2c(c1C(N)=O)CCC(C)c1ccc(Cl)cc1-2. The van der Waals surface area contributed by atoms with Gasteiger partial charge in [0.05, 0.1) is 5.56 Å². The summed E-state index contributed by atoms with van der Waals surface area (Å²) in [7, 11) is 0. The monoisotopic (exact) mass is 348 g/mol. The fourth-order valence-electron chi connectivity index (χ4n) is 3.10. The number of anilines is 1. The Morgan fingerprint density at radius 2 is 2.13 bits per heavy atom. The minimum absolute atomic E-state index is 0.219. The molecule has 4 nitrogen and oxygen atoms in total. The largest absolute Gasteiger partial charge is 0.365 e. The van der Waals surface area contributed by atoms with E-state index < -0.39 is 5.91 Å². The quantitative estimate of drug-likeness (QED) is 0.854. The van der Waals surface area contributed by atoms with Crippen molar-refractivity contribution >= 4 is 39.8 Å². The Balaban J connectivity index is 2.28. The summed E-state index contributed by atoms with van der Waals surface area (Å²) in [6.45, 7) is 3.59. The van der Waals surface area contributed by atoms with Crippen LogP contribution in [0.4, 0.5) is 5.00 Å². The van der Waals surface area contributed by atoms with E-state index in [-0.39, 0.29) is 5.91 Å². The minimum atomic E-state index is -0.510. The summed E-state index contributed by atoms with van der Waals surface area (Å²) in [6, 6.07) is 5.86. The van der Waals surface area contributed by atoms with Crippen molar-refractivity contribution in [2.45, 2.75) is 32.6 Å². The van der Waals surface area contributed by atoms with E-state index in [2.05, 4.69) is 12.2 Å². The molecule has 1 aliphatic rings. The smallest absolute Gasteiger partial charge is 0.252 e. The van der Waals surface area contributed by atoms with Gasteiger partial charge in [0.25, 0.3) is 5.91 Å². The van der Waals surface area contributed by atoms with E-state index in [4.69, 9.17) is 17.3 Å². The van der Waals surface area contributed by atoms with E-state index in [9.17, 15) is 9.59 Å². The summed E-state index contributed by atoms with van der Waals surface area (Å²) in [6.07, 6.45) is 1.66. The van der Waals surface area contributed by atoms with Gasteiger partial charge in [-0.2, -0.15) is 0 Å². The zero-order valence-corrected chi connectivity index (χ0v) is 14.5. The van der Waals surface area contributed by atoms with Crippen molar-refractivity contribution in [1.82, 2.24) is 0 Å². The normalized spacial score (nSPS) is 16.2. The Morgan fingerprint density at radius 1 is 1.39 bits per heavy atom. The summed E-state index contributed by atoms with van der Waals surface area (Å²) >= 11 is 7.57. The average Bonchev–Trinajstić information content (AvgIpc) is 2.76. The lowest BCUT2D eigenvalue weighted by Gasteiger charge is -2.12. The summed E-state index contributed by atoms with van der Waals surface area (Å²) in [5.74, 6) is -0.361. The second kappa shape index (κ2) is 5.98. The highest BCUT2D eigenvalue weighted by Gasteiger charge is 2.28. The summed E-state index contributed by atoms with van der Waals surface area (Å²) in [5.41, 5.74) is 9.17. The van der Waals surface area contributed by atoms with Gasteiger partial charge in [-0.15, -0.1) is 11.3 Å². The van der Waals surface area contributed by atoms with E-state index in [0.29, 0.717) is 21.5 Å². The van der Waals surface area contributed by atoms with Crippen LogP contribution < -0.4 is 11.1 Å². The predicted molar refractivity (Wildman–Crippen MR) is 94.3 cm³/mol. The molecule has 1 unspecified atom stereocenters. The molecule has 6 heteroatoms. The van der Waals surface area contributed by atoms with Crippen LogP contribution in [0, 0.1) is 0 Å². The van der Waals surface area contributed by atoms with Gasteiger partial charge in [-0.25, -0.2) is 0 Å². The number of amides is 2. The molecule has 23 heavy (non-hydrogen) atoms. The zero-order valence-electron chi connectivity index (χ0n) is 12.9. The molecule has 1 heterocycles. The maximum absolute atomic E-state index is 12.0. The Hall–Kier alpha value is -1.85. The summed E-state index contributed by atoms with van der Waals surface area (Å²) < 4.78 is 0. The van der Waals surface area contributed by atoms with Crippen LogP contribution in [0.5, 0.6) is 0 Å². The number of nitrogens with two attached hydrogens (primary N) is 1. The van der Waals surface area contributed by atoms with Gasteiger partial charge in [0.1, 0.15) is 5.00 Å². The van der Waals surface area contributed by atoms with Crippen LogP contribution in [-0.4, -0.2) is 11.8 Å². The first-order chi connectivity index (χ1) is 10.9. The number of benzene rings is 1. The second-order valence-electron chi connectivity index (χ2n) is 5.83. The topological polar surface area (TPSA) is 72.2 Å². The van der Waals surface area contributed by atoms with Gasteiger partial charge in [-0.3, -0.25) is 9.59 Å². The Kier molecular flexibility index (Phi) is 4.17. The lowest BCUT2D eigenvalue weighted by atomic mass is 9.94. The van der Waals surface area contributed by atoms with Gasteiger partial charge in [0.15, 0.2) is 0 Å². The lowest BCUT2D eigenvalue weighted by molar-refractivity contribution is -0.114. The maximum Gasteiger partial charge on any atom is 0.252 e. The number of hydrogen-bond donors (Lipinski definition) is 2. The number of primary amides is 1. The molecular formula is C17H17ClN2O2S. The average molecular weight is 349 g/mol. The van der Waals surface area contributed by atoms with Crippen LogP contribution in [0.2, 0.25) is 5.02 Å². The van der Waals surface area contributed by atoms with Crippen LogP contribution in [0.1, 0.15) is 47.7 Å². The number of carbonyl (C=O) groups is 2. The Labute approximate surface area is 143 Å². The van der Waals surface area contributed by atoms with Crippen LogP contribution in [0.3, 0.4) is 0 Å². The third-order valence-electron chi connectivity index (χ3n) is 4.16. The van der Waals surface area contributed by atoms with E-state index in [1.165, 1.54) is 23.8 Å². The number of carbonyl (C=O) groups excluding carboxylic acids is 2. The fraction of sp³-hybridized carbons (Fsp3) is 0.294. The highest BCUT2D eigenvalue weighted by molar-refractivity contribution is 7.20. The van der Waals surface area contributed by atoms with Crippen LogP contribution >= 0.6 is 22.9 Å². The molecule has 0 radical (unpaired) electrons. The molecule has 0 aliphatic heterocycles. The van der Waals surface area contributed by atoms with Gasteiger partial charge in [-0.05, 0) is 47.6 Å². The number of rotatable bonds is 2. The summed E-state index contributed by atoms with van der Waals surface area (Å²) in [4.78, 5) is 24.4. The Bertz CT molecular complexity index is 813. The van der Waals surface area contributed by atoms with Crippen molar-refractivity contribution in [2.24, 2.45) is 5.73 Å². The first-order valence-electron chi connectivity index (χ1n) is 7.41. The molecule has 0 spiro atoms. The summed E-state index contributed by atoms with van der Waals surface area (Å²) in [5, 5.41) is 3.91. The molecule has 2 amide bonds. The number of nitrogens with one attached hydrogen (secondary N) is 1. The minimum Gasteiger partial charge on any atom is -0.365 e. The van der Waals surface area contributed by atoms with Crippen molar-refractivity contribution in [3.05, 3.63) is 39.9 Å². The maximum atomic E-state index is 12.0.